The number of likely N-dealkylation sites (N-methyl/N-ethyl adjacent to an activating group) is 1. The molecule has 0 amide bonds. The van der Waals surface area contributed by atoms with Gasteiger partial charge in [-0.1, -0.05) is 29.8 Å². The predicted molar refractivity (Wildman–Crippen MR) is 66.0 cm³/mol. The summed E-state index contributed by atoms with van der Waals surface area (Å²) in [6.07, 6.45) is 0. The zero-order valence-corrected chi connectivity index (χ0v) is 10.6. The van der Waals surface area contributed by atoms with Crippen molar-refractivity contribution in [3.05, 3.63) is 34.9 Å². The smallest absolute Gasteiger partial charge is 0.215 e. The van der Waals surface area contributed by atoms with E-state index in [2.05, 4.69) is 10.0 Å². The van der Waals surface area contributed by atoms with E-state index >= 15 is 0 Å². The van der Waals surface area contributed by atoms with E-state index in [9.17, 15) is 8.42 Å². The molecule has 0 unspecified atom stereocenters. The monoisotopic (exact) mass is 262 g/mol. The molecule has 0 aliphatic rings. The third-order valence-electron chi connectivity index (χ3n) is 2.00. The van der Waals surface area contributed by atoms with Gasteiger partial charge in [0.2, 0.25) is 10.0 Å². The van der Waals surface area contributed by atoms with E-state index in [0.717, 1.165) is 0 Å². The summed E-state index contributed by atoms with van der Waals surface area (Å²) < 4.78 is 25.7. The van der Waals surface area contributed by atoms with Gasteiger partial charge in [-0.3, -0.25) is 0 Å². The quantitative estimate of drug-likeness (QED) is 0.752. The Kier molecular flexibility index (Phi) is 5.21. The molecule has 0 aromatic heterocycles. The van der Waals surface area contributed by atoms with Gasteiger partial charge in [0.15, 0.2) is 0 Å². The van der Waals surface area contributed by atoms with Crippen molar-refractivity contribution >= 4 is 21.6 Å². The van der Waals surface area contributed by atoms with Crippen LogP contribution in [0.2, 0.25) is 5.02 Å². The van der Waals surface area contributed by atoms with E-state index in [1.807, 2.05) is 0 Å². The molecule has 2 N–H and O–H groups in total. The Morgan fingerprint density at radius 3 is 2.56 bits per heavy atom. The second kappa shape index (κ2) is 6.20. The topological polar surface area (TPSA) is 58.2 Å². The van der Waals surface area contributed by atoms with Crippen LogP contribution in [0.4, 0.5) is 0 Å². The largest absolute Gasteiger partial charge is 0.318 e. The van der Waals surface area contributed by atoms with E-state index in [-0.39, 0.29) is 5.75 Å². The molecule has 0 heterocycles. The zero-order valence-electron chi connectivity index (χ0n) is 9.03. The van der Waals surface area contributed by atoms with Crippen LogP contribution >= 0.6 is 11.6 Å². The summed E-state index contributed by atoms with van der Waals surface area (Å²) >= 11 is 5.89. The molecule has 0 radical (unpaired) electrons. The van der Waals surface area contributed by atoms with Crippen LogP contribution in [-0.2, 0) is 15.8 Å². The second-order valence-corrected chi connectivity index (χ2v) is 5.56. The second-order valence-electron chi connectivity index (χ2n) is 3.35. The van der Waals surface area contributed by atoms with Crippen LogP contribution in [0.5, 0.6) is 0 Å². The number of halogens is 1. The molecule has 1 rings (SSSR count). The Morgan fingerprint density at radius 1 is 1.25 bits per heavy atom. The lowest BCUT2D eigenvalue weighted by Gasteiger charge is -2.07. The first-order valence-corrected chi connectivity index (χ1v) is 6.93. The Labute approximate surface area is 101 Å². The highest BCUT2D eigenvalue weighted by atomic mass is 35.5. The van der Waals surface area contributed by atoms with Gasteiger partial charge in [0.05, 0.1) is 5.75 Å². The van der Waals surface area contributed by atoms with Crippen LogP contribution in [0, 0.1) is 0 Å². The zero-order chi connectivity index (χ0) is 12.0. The SMILES string of the molecule is CNCCNS(=O)(=O)Cc1ccccc1Cl. The predicted octanol–water partition coefficient (Wildman–Crippen LogP) is 0.979. The standard InChI is InChI=1S/C10H15ClN2O2S/c1-12-6-7-13-16(14,15)8-9-4-2-3-5-10(9)11/h2-5,12-13H,6-8H2,1H3. The lowest BCUT2D eigenvalue weighted by molar-refractivity contribution is 0.578. The molecule has 0 saturated carbocycles. The summed E-state index contributed by atoms with van der Waals surface area (Å²) in [6, 6.07) is 6.93. The van der Waals surface area contributed by atoms with Gasteiger partial charge in [-0.05, 0) is 18.7 Å². The summed E-state index contributed by atoms with van der Waals surface area (Å²) in [5, 5.41) is 3.34. The van der Waals surface area contributed by atoms with Crippen molar-refractivity contribution in [2.45, 2.75) is 5.75 Å². The molecule has 0 aliphatic heterocycles. The lowest BCUT2D eigenvalue weighted by atomic mass is 10.2. The van der Waals surface area contributed by atoms with Crippen molar-refractivity contribution in [1.29, 1.82) is 0 Å². The van der Waals surface area contributed by atoms with E-state index in [1.54, 1.807) is 31.3 Å². The maximum atomic E-state index is 11.6. The van der Waals surface area contributed by atoms with Crippen LogP contribution in [0.3, 0.4) is 0 Å². The molecule has 0 aliphatic carbocycles. The average Bonchev–Trinajstić information content (AvgIpc) is 2.21. The Balaban J connectivity index is 2.63. The van der Waals surface area contributed by atoms with E-state index in [4.69, 9.17) is 11.6 Å². The maximum Gasteiger partial charge on any atom is 0.215 e. The molecule has 1 aromatic carbocycles. The molecular weight excluding hydrogens is 248 g/mol. The van der Waals surface area contributed by atoms with Crippen molar-refractivity contribution in [2.75, 3.05) is 20.1 Å². The minimum Gasteiger partial charge on any atom is -0.318 e. The fourth-order valence-corrected chi connectivity index (χ4v) is 2.66. The number of hydrogen-bond donors (Lipinski definition) is 2. The van der Waals surface area contributed by atoms with Crippen LogP contribution in [0.25, 0.3) is 0 Å². The van der Waals surface area contributed by atoms with E-state index < -0.39 is 10.0 Å². The van der Waals surface area contributed by atoms with Gasteiger partial charge < -0.3 is 5.32 Å². The first-order valence-electron chi connectivity index (χ1n) is 4.90. The van der Waals surface area contributed by atoms with Gasteiger partial charge in [0.1, 0.15) is 0 Å². The molecule has 4 nitrogen and oxygen atoms in total. The number of nitrogens with one attached hydrogen (secondary N) is 2. The maximum absolute atomic E-state index is 11.6. The number of rotatable bonds is 6. The highest BCUT2D eigenvalue weighted by Gasteiger charge is 2.12. The Hall–Kier alpha value is -0.620. The highest BCUT2D eigenvalue weighted by molar-refractivity contribution is 7.88. The van der Waals surface area contributed by atoms with Crippen LogP contribution in [-0.4, -0.2) is 28.6 Å². The van der Waals surface area contributed by atoms with Crippen LogP contribution in [0.1, 0.15) is 5.56 Å². The molecule has 0 saturated heterocycles. The Bertz CT molecular complexity index is 434. The van der Waals surface area contributed by atoms with Gasteiger partial charge in [-0.15, -0.1) is 0 Å². The number of sulfonamides is 1. The van der Waals surface area contributed by atoms with Crippen molar-refractivity contribution in [3.8, 4) is 0 Å². The first kappa shape index (κ1) is 13.4. The van der Waals surface area contributed by atoms with E-state index in [0.29, 0.717) is 23.7 Å². The van der Waals surface area contributed by atoms with Crippen molar-refractivity contribution in [3.63, 3.8) is 0 Å². The minimum absolute atomic E-state index is 0.0869. The number of benzene rings is 1. The molecule has 1 aromatic rings. The van der Waals surface area contributed by atoms with Gasteiger partial charge in [0.25, 0.3) is 0 Å². The Morgan fingerprint density at radius 2 is 1.94 bits per heavy atom. The summed E-state index contributed by atoms with van der Waals surface area (Å²) in [5.74, 6) is -0.0869. The van der Waals surface area contributed by atoms with Crippen molar-refractivity contribution in [1.82, 2.24) is 10.0 Å². The minimum atomic E-state index is -3.30. The third-order valence-corrected chi connectivity index (χ3v) is 3.70. The summed E-state index contributed by atoms with van der Waals surface area (Å²) in [6.45, 7) is 0.977. The highest BCUT2D eigenvalue weighted by Crippen LogP contribution is 2.16. The van der Waals surface area contributed by atoms with E-state index in [1.165, 1.54) is 0 Å². The fraction of sp³-hybridized carbons (Fsp3) is 0.400. The molecule has 90 valence electrons. The fourth-order valence-electron chi connectivity index (χ4n) is 1.20. The normalized spacial score (nSPS) is 11.6. The van der Waals surface area contributed by atoms with Gasteiger partial charge in [0, 0.05) is 18.1 Å². The molecule has 0 bridgehead atoms. The molecule has 6 heteroatoms. The third kappa shape index (κ3) is 4.49. The van der Waals surface area contributed by atoms with Crippen LogP contribution < -0.4 is 10.0 Å². The van der Waals surface area contributed by atoms with Gasteiger partial charge in [-0.25, -0.2) is 13.1 Å². The van der Waals surface area contributed by atoms with Gasteiger partial charge >= 0.3 is 0 Å². The molecule has 0 fully saturated rings. The van der Waals surface area contributed by atoms with Crippen molar-refractivity contribution < 1.29 is 8.42 Å². The lowest BCUT2D eigenvalue weighted by Crippen LogP contribution is -2.31. The molecule has 0 spiro atoms. The first-order chi connectivity index (χ1) is 7.55. The van der Waals surface area contributed by atoms with Crippen LogP contribution in [0.15, 0.2) is 24.3 Å². The molecular formula is C10H15ClN2O2S. The summed E-state index contributed by atoms with van der Waals surface area (Å²) in [5.41, 5.74) is 0.612. The van der Waals surface area contributed by atoms with Crippen molar-refractivity contribution in [2.24, 2.45) is 0 Å². The number of hydrogen-bond acceptors (Lipinski definition) is 3. The summed E-state index contributed by atoms with van der Waals surface area (Å²) in [7, 11) is -1.54. The average molecular weight is 263 g/mol. The molecule has 0 atom stereocenters. The molecule has 16 heavy (non-hydrogen) atoms. The van der Waals surface area contributed by atoms with Gasteiger partial charge in [-0.2, -0.15) is 0 Å². The summed E-state index contributed by atoms with van der Waals surface area (Å²) in [4.78, 5) is 0.